The van der Waals surface area contributed by atoms with Crippen LogP contribution >= 0.6 is 23.1 Å². The largest absolute Gasteiger partial charge is 0.390 e. The van der Waals surface area contributed by atoms with E-state index in [0.29, 0.717) is 11.7 Å². The molecule has 4 nitrogen and oxygen atoms in total. The van der Waals surface area contributed by atoms with Crippen LogP contribution in [0.25, 0.3) is 22.8 Å². The van der Waals surface area contributed by atoms with Crippen LogP contribution in [-0.2, 0) is 6.42 Å². The maximum Gasteiger partial charge on any atom is 0.261 e. The molecule has 1 aromatic carbocycles. The van der Waals surface area contributed by atoms with E-state index in [-0.39, 0.29) is 0 Å². The maximum absolute atomic E-state index is 6.02. The second-order valence-corrected chi connectivity index (χ2v) is 6.54. The minimum atomic E-state index is 0.479. The van der Waals surface area contributed by atoms with Crippen LogP contribution in [0.15, 0.2) is 39.8 Å². The van der Waals surface area contributed by atoms with Gasteiger partial charge >= 0.3 is 0 Å². The Morgan fingerprint density at radius 1 is 1.29 bits per heavy atom. The summed E-state index contributed by atoms with van der Waals surface area (Å²) in [5, 5.41) is 4.77. The fraction of sp³-hybridized carbons (Fsp3) is 0.200. The van der Waals surface area contributed by atoms with E-state index >= 15 is 0 Å². The van der Waals surface area contributed by atoms with Gasteiger partial charge in [-0.15, -0.1) is 23.1 Å². The Morgan fingerprint density at radius 3 is 2.67 bits per heavy atom. The van der Waals surface area contributed by atoms with Gasteiger partial charge in [0.15, 0.2) is 0 Å². The molecule has 0 atom stereocenters. The van der Waals surface area contributed by atoms with E-state index in [1.807, 2.05) is 36.6 Å². The Bertz CT molecular complexity index is 747. The van der Waals surface area contributed by atoms with Crippen molar-refractivity contribution in [3.8, 4) is 22.8 Å². The van der Waals surface area contributed by atoms with E-state index in [4.69, 9.17) is 10.3 Å². The smallest absolute Gasteiger partial charge is 0.261 e. The summed E-state index contributed by atoms with van der Waals surface area (Å²) >= 11 is 3.27. The highest BCUT2D eigenvalue weighted by Crippen LogP contribution is 2.34. The quantitative estimate of drug-likeness (QED) is 0.725. The SMILES string of the molecule is CCc1cc(-c2nc(-c3ccc(SC)cc3)no2)c(N)s1. The topological polar surface area (TPSA) is 64.9 Å². The number of thiophene rings is 1. The van der Waals surface area contributed by atoms with Gasteiger partial charge in [0, 0.05) is 15.3 Å². The zero-order valence-electron chi connectivity index (χ0n) is 11.8. The standard InChI is InChI=1S/C15H15N3OS2/c1-3-10-8-12(13(16)21-10)15-17-14(18-19-15)9-4-6-11(20-2)7-5-9/h4-8H,3,16H2,1-2H3. The molecule has 0 saturated carbocycles. The predicted molar refractivity (Wildman–Crippen MR) is 88.6 cm³/mol. The summed E-state index contributed by atoms with van der Waals surface area (Å²) in [6.45, 7) is 2.10. The Kier molecular flexibility index (Phi) is 3.98. The second-order valence-electron chi connectivity index (χ2n) is 4.50. The third-order valence-corrected chi connectivity index (χ3v) is 5.02. The minimum Gasteiger partial charge on any atom is -0.390 e. The van der Waals surface area contributed by atoms with Crippen molar-refractivity contribution in [2.75, 3.05) is 12.0 Å². The first-order valence-electron chi connectivity index (χ1n) is 6.58. The highest BCUT2D eigenvalue weighted by molar-refractivity contribution is 7.98. The van der Waals surface area contributed by atoms with Gasteiger partial charge in [0.1, 0.15) is 0 Å². The average Bonchev–Trinajstić information content (AvgIpc) is 3.13. The Hall–Kier alpha value is -1.79. The fourth-order valence-electron chi connectivity index (χ4n) is 1.99. The number of hydrogen-bond acceptors (Lipinski definition) is 6. The first-order valence-corrected chi connectivity index (χ1v) is 8.62. The summed E-state index contributed by atoms with van der Waals surface area (Å²) in [6, 6.07) is 10.1. The lowest BCUT2D eigenvalue weighted by Gasteiger charge is -1.96. The summed E-state index contributed by atoms with van der Waals surface area (Å²) in [5.74, 6) is 1.06. The van der Waals surface area contributed by atoms with Gasteiger partial charge in [-0.3, -0.25) is 0 Å². The number of nitrogen functional groups attached to an aromatic ring is 1. The van der Waals surface area contributed by atoms with Gasteiger partial charge in [0.2, 0.25) is 5.82 Å². The van der Waals surface area contributed by atoms with Crippen molar-refractivity contribution in [1.29, 1.82) is 0 Å². The first-order chi connectivity index (χ1) is 10.2. The van der Waals surface area contributed by atoms with Crippen LogP contribution in [0.4, 0.5) is 5.00 Å². The number of rotatable bonds is 4. The third kappa shape index (κ3) is 2.82. The monoisotopic (exact) mass is 317 g/mol. The summed E-state index contributed by atoms with van der Waals surface area (Å²) in [4.78, 5) is 6.88. The molecule has 21 heavy (non-hydrogen) atoms. The molecule has 2 aromatic heterocycles. The Morgan fingerprint density at radius 2 is 2.05 bits per heavy atom. The number of hydrogen-bond donors (Lipinski definition) is 1. The van der Waals surface area contributed by atoms with Gasteiger partial charge in [-0.25, -0.2) is 0 Å². The average molecular weight is 317 g/mol. The summed E-state index contributed by atoms with van der Waals surface area (Å²) in [7, 11) is 0. The molecule has 0 saturated heterocycles. The van der Waals surface area contributed by atoms with E-state index < -0.39 is 0 Å². The van der Waals surface area contributed by atoms with Gasteiger partial charge in [-0.1, -0.05) is 12.1 Å². The van der Waals surface area contributed by atoms with Crippen molar-refractivity contribution in [1.82, 2.24) is 10.1 Å². The van der Waals surface area contributed by atoms with E-state index in [2.05, 4.69) is 17.1 Å². The highest BCUT2D eigenvalue weighted by Gasteiger charge is 2.15. The molecule has 0 aliphatic rings. The highest BCUT2D eigenvalue weighted by atomic mass is 32.2. The van der Waals surface area contributed by atoms with E-state index in [0.717, 1.165) is 22.5 Å². The van der Waals surface area contributed by atoms with Crippen LogP contribution in [0.2, 0.25) is 0 Å². The molecule has 0 spiro atoms. The van der Waals surface area contributed by atoms with Gasteiger partial charge in [0.25, 0.3) is 5.89 Å². The Labute approximate surface area is 131 Å². The number of benzene rings is 1. The van der Waals surface area contributed by atoms with Gasteiger partial charge in [-0.05, 0) is 43.0 Å². The number of thioether (sulfide) groups is 1. The van der Waals surface area contributed by atoms with Gasteiger partial charge in [-0.2, -0.15) is 4.98 Å². The summed E-state index contributed by atoms with van der Waals surface area (Å²) < 4.78 is 5.36. The van der Waals surface area contributed by atoms with Crippen LogP contribution in [0.3, 0.4) is 0 Å². The molecule has 0 bridgehead atoms. The molecule has 0 radical (unpaired) electrons. The molecule has 0 unspecified atom stereocenters. The lowest BCUT2D eigenvalue weighted by molar-refractivity contribution is 0.432. The second kappa shape index (κ2) is 5.91. The van der Waals surface area contributed by atoms with E-state index in [1.54, 1.807) is 23.1 Å². The van der Waals surface area contributed by atoms with Crippen LogP contribution in [0.5, 0.6) is 0 Å². The van der Waals surface area contributed by atoms with Crippen molar-refractivity contribution in [3.05, 3.63) is 35.2 Å². The summed E-state index contributed by atoms with van der Waals surface area (Å²) in [5.41, 5.74) is 7.79. The van der Waals surface area contributed by atoms with Gasteiger partial charge in [0.05, 0.1) is 10.6 Å². The Balaban J connectivity index is 1.93. The van der Waals surface area contributed by atoms with Crippen LogP contribution in [0, 0.1) is 0 Å². The van der Waals surface area contributed by atoms with Crippen molar-refractivity contribution < 1.29 is 4.52 Å². The molecule has 0 aliphatic heterocycles. The fourth-order valence-corrected chi connectivity index (χ4v) is 3.26. The number of nitrogens with two attached hydrogens (primary N) is 1. The number of nitrogens with zero attached hydrogens (tertiary/aromatic N) is 2. The first kappa shape index (κ1) is 14.2. The lowest BCUT2D eigenvalue weighted by atomic mass is 10.2. The third-order valence-electron chi connectivity index (χ3n) is 3.16. The maximum atomic E-state index is 6.02. The normalized spacial score (nSPS) is 11.0. The molecule has 3 aromatic rings. The van der Waals surface area contributed by atoms with E-state index in [1.165, 1.54) is 9.77 Å². The molecule has 2 N–H and O–H groups in total. The van der Waals surface area contributed by atoms with Crippen molar-refractivity contribution in [2.24, 2.45) is 0 Å². The molecule has 0 fully saturated rings. The molecular formula is C15H15N3OS2. The van der Waals surface area contributed by atoms with Crippen LogP contribution in [0.1, 0.15) is 11.8 Å². The van der Waals surface area contributed by atoms with Crippen LogP contribution < -0.4 is 5.73 Å². The minimum absolute atomic E-state index is 0.479. The lowest BCUT2D eigenvalue weighted by Crippen LogP contribution is -1.84. The van der Waals surface area contributed by atoms with Crippen LogP contribution in [-0.4, -0.2) is 16.4 Å². The molecule has 0 amide bonds. The molecule has 3 rings (SSSR count). The van der Waals surface area contributed by atoms with Crippen molar-refractivity contribution in [2.45, 2.75) is 18.2 Å². The number of aryl methyl sites for hydroxylation is 1. The molecular weight excluding hydrogens is 302 g/mol. The summed E-state index contributed by atoms with van der Waals surface area (Å²) in [6.07, 6.45) is 3.00. The number of aromatic nitrogens is 2. The predicted octanol–water partition coefficient (Wildman–Crippen LogP) is 4.33. The van der Waals surface area contributed by atoms with Crippen molar-refractivity contribution >= 4 is 28.1 Å². The zero-order valence-corrected chi connectivity index (χ0v) is 13.4. The molecule has 108 valence electrons. The molecule has 0 aliphatic carbocycles. The number of anilines is 1. The molecule has 2 heterocycles. The zero-order chi connectivity index (χ0) is 14.8. The van der Waals surface area contributed by atoms with Crippen molar-refractivity contribution in [3.63, 3.8) is 0 Å². The van der Waals surface area contributed by atoms with Gasteiger partial charge < -0.3 is 10.3 Å². The van der Waals surface area contributed by atoms with E-state index in [9.17, 15) is 0 Å². The molecule has 6 heteroatoms.